The number of aromatic nitrogens is 3. The molecule has 202 valence electrons. The van der Waals surface area contributed by atoms with E-state index in [2.05, 4.69) is 29.7 Å². The highest BCUT2D eigenvalue weighted by Crippen LogP contribution is 2.32. The molecule has 2 N–H and O–H groups in total. The number of amides is 1. The van der Waals surface area contributed by atoms with Crippen LogP contribution < -0.4 is 14.8 Å². The lowest BCUT2D eigenvalue weighted by Gasteiger charge is -2.23. The molecule has 0 aliphatic carbocycles. The van der Waals surface area contributed by atoms with Gasteiger partial charge in [0, 0.05) is 35.3 Å². The largest absolute Gasteiger partial charge is 0.493 e. The number of ether oxygens (including phenoxy) is 2. The molecule has 0 atom stereocenters. The maximum atomic E-state index is 13.6. The number of anilines is 2. The number of para-hydroxylation sites is 1. The Hall–Kier alpha value is -3.16. The zero-order valence-electron chi connectivity index (χ0n) is 22.5. The highest BCUT2D eigenvalue weighted by Gasteiger charge is 2.26. The third-order valence-electron chi connectivity index (χ3n) is 5.98. The van der Waals surface area contributed by atoms with Gasteiger partial charge in [0.15, 0.2) is 11.4 Å². The minimum atomic E-state index is -3.48. The van der Waals surface area contributed by atoms with Crippen LogP contribution in [0.15, 0.2) is 30.5 Å². The van der Waals surface area contributed by atoms with Gasteiger partial charge in [-0.1, -0.05) is 37.8 Å². The van der Waals surface area contributed by atoms with Crippen LogP contribution in [0.25, 0.3) is 10.9 Å². The van der Waals surface area contributed by atoms with E-state index < -0.39 is 24.0 Å². The summed E-state index contributed by atoms with van der Waals surface area (Å²) in [7, 11) is -0.144. The van der Waals surface area contributed by atoms with Crippen LogP contribution in [0.4, 0.5) is 11.5 Å². The van der Waals surface area contributed by atoms with E-state index in [0.717, 1.165) is 12.3 Å². The predicted octanol–water partition coefficient (Wildman–Crippen LogP) is 3.00. The Morgan fingerprint density at radius 2 is 1.86 bits per heavy atom. The number of nitrogens with zero attached hydrogens (tertiary/aromatic N) is 5. The number of hydrogen-bond donors (Lipinski definition) is 1. The highest BCUT2D eigenvalue weighted by atomic mass is 32.2. The minimum Gasteiger partial charge on any atom is -0.493 e. The van der Waals surface area contributed by atoms with E-state index in [1.165, 1.54) is 29.6 Å². The van der Waals surface area contributed by atoms with Gasteiger partial charge in [-0.3, -0.25) is 9.10 Å². The molecule has 11 nitrogen and oxygen atoms in total. The van der Waals surface area contributed by atoms with Gasteiger partial charge in [0.2, 0.25) is 10.0 Å². The Kier molecular flexibility index (Phi) is 8.50. The van der Waals surface area contributed by atoms with E-state index in [-0.39, 0.29) is 24.8 Å². The molecule has 0 spiro atoms. The third-order valence-corrected chi connectivity index (χ3v) is 8.87. The van der Waals surface area contributed by atoms with Gasteiger partial charge in [-0.25, -0.2) is 18.1 Å². The molecule has 0 aliphatic heterocycles. The van der Waals surface area contributed by atoms with Crippen molar-refractivity contribution in [2.75, 3.05) is 44.1 Å². The van der Waals surface area contributed by atoms with Crippen LogP contribution in [0.5, 0.6) is 5.75 Å². The van der Waals surface area contributed by atoms with Crippen molar-refractivity contribution in [3.63, 3.8) is 0 Å². The summed E-state index contributed by atoms with van der Waals surface area (Å²) < 4.78 is 38.4. The number of nitrogens with two attached hydrogens (primary N) is 1. The molecule has 2 aromatic heterocycles. The second-order valence-corrected chi connectivity index (χ2v) is 17.8. The number of sulfonamides is 1. The number of fused-ring (bicyclic) bond motifs is 1. The van der Waals surface area contributed by atoms with Gasteiger partial charge in [0.25, 0.3) is 5.91 Å². The van der Waals surface area contributed by atoms with E-state index in [1.807, 2.05) is 0 Å². The first kappa shape index (κ1) is 28.4. The fourth-order valence-electron chi connectivity index (χ4n) is 3.77. The molecular weight excluding hydrogens is 512 g/mol. The van der Waals surface area contributed by atoms with Crippen LogP contribution in [0.1, 0.15) is 16.1 Å². The first-order chi connectivity index (χ1) is 17.2. The number of carbonyl (C=O) groups excluding carboxylic acids is 1. The average molecular weight is 549 g/mol. The molecule has 1 amide bonds. The number of rotatable bonds is 11. The summed E-state index contributed by atoms with van der Waals surface area (Å²) in [5, 5.41) is 4.94. The van der Waals surface area contributed by atoms with Crippen LogP contribution in [-0.2, 0) is 28.0 Å². The molecular formula is C24H36N6O5SSi. The van der Waals surface area contributed by atoms with Crippen LogP contribution in [0.3, 0.4) is 0 Å². The van der Waals surface area contributed by atoms with Gasteiger partial charge < -0.3 is 20.1 Å². The zero-order valence-corrected chi connectivity index (χ0v) is 24.3. The second-order valence-electron chi connectivity index (χ2n) is 10.2. The fourth-order valence-corrected chi connectivity index (χ4v) is 5.06. The number of nitrogen functional groups attached to an aromatic ring is 1. The van der Waals surface area contributed by atoms with Crippen LogP contribution in [0, 0.1) is 0 Å². The molecule has 3 rings (SSSR count). The Balaban J connectivity index is 1.96. The average Bonchev–Trinajstić information content (AvgIpc) is 3.21. The van der Waals surface area contributed by atoms with Crippen LogP contribution >= 0.6 is 0 Å². The lowest BCUT2D eigenvalue weighted by atomic mass is 10.1. The summed E-state index contributed by atoms with van der Waals surface area (Å²) >= 11 is 0. The van der Waals surface area contributed by atoms with E-state index in [4.69, 9.17) is 15.2 Å². The van der Waals surface area contributed by atoms with Gasteiger partial charge >= 0.3 is 0 Å². The maximum absolute atomic E-state index is 13.6. The third kappa shape index (κ3) is 6.59. The molecule has 0 radical (unpaired) electrons. The van der Waals surface area contributed by atoms with Gasteiger partial charge in [0.05, 0.1) is 30.6 Å². The van der Waals surface area contributed by atoms with E-state index in [1.54, 1.807) is 36.0 Å². The van der Waals surface area contributed by atoms with E-state index in [9.17, 15) is 13.2 Å². The molecule has 0 saturated carbocycles. The van der Waals surface area contributed by atoms with Crippen molar-refractivity contribution in [2.45, 2.75) is 39.0 Å². The van der Waals surface area contributed by atoms with Crippen molar-refractivity contribution < 1.29 is 22.7 Å². The Bertz CT molecular complexity index is 1390. The summed E-state index contributed by atoms with van der Waals surface area (Å²) in [6.45, 7) is 7.66. The lowest BCUT2D eigenvalue weighted by molar-refractivity contribution is 0.0748. The first-order valence-corrected chi connectivity index (χ1v) is 17.3. The molecule has 1 aromatic carbocycles. The van der Waals surface area contributed by atoms with Crippen molar-refractivity contribution in [1.29, 1.82) is 0 Å². The second kappa shape index (κ2) is 11.1. The van der Waals surface area contributed by atoms with Crippen LogP contribution in [-0.4, -0.2) is 76.1 Å². The number of hydrogen-bond acceptors (Lipinski definition) is 8. The molecule has 0 aliphatic rings. The molecule has 0 saturated heterocycles. The summed E-state index contributed by atoms with van der Waals surface area (Å²) in [5.41, 5.74) is 7.99. The maximum Gasteiger partial charge on any atom is 0.275 e. The van der Waals surface area contributed by atoms with E-state index >= 15 is 0 Å². The van der Waals surface area contributed by atoms with Gasteiger partial charge in [0.1, 0.15) is 18.1 Å². The topological polar surface area (TPSA) is 133 Å². The number of methoxy groups -OCH3 is 1. The van der Waals surface area contributed by atoms with Crippen molar-refractivity contribution in [2.24, 2.45) is 0 Å². The summed E-state index contributed by atoms with van der Waals surface area (Å²) in [6.07, 6.45) is 2.62. The van der Waals surface area contributed by atoms with Gasteiger partial charge in [-0.2, -0.15) is 5.10 Å². The van der Waals surface area contributed by atoms with E-state index in [0.29, 0.717) is 34.5 Å². The predicted molar refractivity (Wildman–Crippen MR) is 148 cm³/mol. The Morgan fingerprint density at radius 1 is 1.19 bits per heavy atom. The molecule has 37 heavy (non-hydrogen) atoms. The molecule has 13 heteroatoms. The summed E-state index contributed by atoms with van der Waals surface area (Å²) in [4.78, 5) is 19.3. The van der Waals surface area contributed by atoms with Crippen LogP contribution in [0.2, 0.25) is 25.7 Å². The summed E-state index contributed by atoms with van der Waals surface area (Å²) in [5.74, 6) is 0.176. The smallest absolute Gasteiger partial charge is 0.275 e. The van der Waals surface area contributed by atoms with Crippen molar-refractivity contribution >= 4 is 46.4 Å². The van der Waals surface area contributed by atoms with Gasteiger partial charge in [-0.05, 0) is 17.7 Å². The van der Waals surface area contributed by atoms with Crippen molar-refractivity contribution in [3.8, 4) is 5.75 Å². The summed E-state index contributed by atoms with van der Waals surface area (Å²) in [6, 6.07) is 8.01. The molecule has 0 bridgehead atoms. The van der Waals surface area contributed by atoms with Crippen molar-refractivity contribution in [1.82, 2.24) is 19.7 Å². The molecule has 3 aromatic rings. The molecule has 0 fully saturated rings. The normalized spacial score (nSPS) is 12.1. The highest BCUT2D eigenvalue weighted by molar-refractivity contribution is 7.92. The molecule has 0 unspecified atom stereocenters. The monoisotopic (exact) mass is 548 g/mol. The number of pyridine rings is 1. The first-order valence-electron chi connectivity index (χ1n) is 11.8. The molecule has 2 heterocycles. The standard InChI is InChI=1S/C24H36N6O5SSi/c1-28(15-17-10-8-9-11-18(17)29(2)36(4,32)33)24(31)21-20-22(19(34-3)14-26-23(20)25)30(27-21)16-35-12-13-37(5,6)7/h8-11,14H,12-13,15-16H2,1-7H3,(H2,25,26). The fraction of sp³-hybridized carbons (Fsp3) is 0.458. The number of carbonyl (C=O) groups is 1. The SMILES string of the molecule is COc1cnc(N)c2c(C(=O)N(C)Cc3ccccc3N(C)S(C)(=O)=O)nn(COCC[Si](C)(C)C)c12. The van der Waals surface area contributed by atoms with Gasteiger partial charge in [-0.15, -0.1) is 0 Å². The number of benzene rings is 1. The zero-order chi connectivity index (χ0) is 27.5. The lowest BCUT2D eigenvalue weighted by Crippen LogP contribution is -2.30. The minimum absolute atomic E-state index is 0.115. The quantitative estimate of drug-likeness (QED) is 0.286. The Morgan fingerprint density at radius 3 is 2.49 bits per heavy atom. The Labute approximate surface area is 219 Å². The van der Waals surface area contributed by atoms with Crippen molar-refractivity contribution in [3.05, 3.63) is 41.7 Å².